The summed E-state index contributed by atoms with van der Waals surface area (Å²) >= 11 is 0. The van der Waals surface area contributed by atoms with E-state index in [1.165, 1.54) is 0 Å². The van der Waals surface area contributed by atoms with Gasteiger partial charge in [0.15, 0.2) is 5.60 Å². The lowest BCUT2D eigenvalue weighted by atomic mass is 9.91. The fourth-order valence-corrected chi connectivity index (χ4v) is 4.63. The molecule has 5 nitrogen and oxygen atoms in total. The van der Waals surface area contributed by atoms with Crippen molar-refractivity contribution in [2.24, 2.45) is 0 Å². The number of esters is 1. The quantitative estimate of drug-likeness (QED) is 0.851. The molecule has 0 radical (unpaired) electrons. The number of aliphatic hydroxyl groups is 1. The zero-order chi connectivity index (χ0) is 18.6. The standard InChI is InChI=1S/C22H21NO4/c24-13-15-4-3-5-16(12-15)21(8-9-21)20(26)23-11-10-22(14-23)18-7-2-1-6-17(18)19(25)27-22/h1-7,12,24H,8-11,13-14H2/t22-/m0/s1. The molecule has 1 atom stereocenters. The third kappa shape index (κ3) is 2.34. The molecule has 1 saturated carbocycles. The maximum Gasteiger partial charge on any atom is 0.339 e. The Morgan fingerprint density at radius 1 is 1.11 bits per heavy atom. The number of aliphatic hydroxyl groups excluding tert-OH is 1. The minimum absolute atomic E-state index is 0.0301. The van der Waals surface area contributed by atoms with Crippen molar-refractivity contribution in [2.45, 2.75) is 36.9 Å². The van der Waals surface area contributed by atoms with Crippen molar-refractivity contribution in [1.82, 2.24) is 4.90 Å². The van der Waals surface area contributed by atoms with Crippen LogP contribution in [0.2, 0.25) is 0 Å². The van der Waals surface area contributed by atoms with E-state index >= 15 is 0 Å². The molecule has 1 aliphatic carbocycles. The van der Waals surface area contributed by atoms with Gasteiger partial charge in [-0.15, -0.1) is 0 Å². The number of ether oxygens (including phenoxy) is 1. The minimum atomic E-state index is -0.702. The first-order valence-electron chi connectivity index (χ1n) is 9.41. The van der Waals surface area contributed by atoms with Gasteiger partial charge in [0.05, 0.1) is 24.1 Å². The van der Waals surface area contributed by atoms with Crippen molar-refractivity contribution in [1.29, 1.82) is 0 Å². The van der Waals surface area contributed by atoms with Gasteiger partial charge in [0.1, 0.15) is 0 Å². The van der Waals surface area contributed by atoms with Crippen molar-refractivity contribution >= 4 is 11.9 Å². The van der Waals surface area contributed by atoms with Crippen LogP contribution in [0.3, 0.4) is 0 Å². The zero-order valence-corrected chi connectivity index (χ0v) is 15.0. The first-order valence-corrected chi connectivity index (χ1v) is 9.41. The highest BCUT2D eigenvalue weighted by atomic mass is 16.6. The summed E-state index contributed by atoms with van der Waals surface area (Å²) in [4.78, 5) is 27.5. The molecule has 0 bridgehead atoms. The van der Waals surface area contributed by atoms with Crippen LogP contribution in [0.15, 0.2) is 48.5 Å². The molecule has 1 spiro atoms. The van der Waals surface area contributed by atoms with Crippen molar-refractivity contribution in [2.75, 3.05) is 13.1 Å². The third-order valence-electron chi connectivity index (χ3n) is 6.27. The summed E-state index contributed by atoms with van der Waals surface area (Å²) in [5.74, 6) is -0.188. The van der Waals surface area contributed by atoms with Gasteiger partial charge < -0.3 is 14.7 Å². The molecule has 1 N–H and O–H groups in total. The Kier molecular flexibility index (Phi) is 3.46. The highest BCUT2D eigenvalue weighted by molar-refractivity contribution is 5.96. The van der Waals surface area contributed by atoms with Crippen LogP contribution < -0.4 is 0 Å². The van der Waals surface area contributed by atoms with Gasteiger partial charge in [0.25, 0.3) is 0 Å². The second kappa shape index (κ2) is 5.67. The molecule has 2 fully saturated rings. The van der Waals surface area contributed by atoms with Crippen LogP contribution in [-0.2, 0) is 27.2 Å². The molecule has 2 heterocycles. The van der Waals surface area contributed by atoms with Gasteiger partial charge >= 0.3 is 5.97 Å². The van der Waals surface area contributed by atoms with Crippen LogP contribution in [0.4, 0.5) is 0 Å². The maximum absolute atomic E-state index is 13.4. The van der Waals surface area contributed by atoms with Gasteiger partial charge in [0.2, 0.25) is 5.91 Å². The fraction of sp³-hybridized carbons (Fsp3) is 0.364. The number of carbonyl (C=O) groups excluding carboxylic acids is 2. The average Bonchev–Trinajstić information content (AvgIpc) is 3.34. The van der Waals surface area contributed by atoms with E-state index in [0.29, 0.717) is 25.1 Å². The van der Waals surface area contributed by atoms with Crippen LogP contribution >= 0.6 is 0 Å². The Labute approximate surface area is 157 Å². The molecule has 5 heteroatoms. The second-order valence-corrected chi connectivity index (χ2v) is 7.85. The first-order chi connectivity index (χ1) is 13.1. The SMILES string of the molecule is O=C1O[C@]2(CCN(C(=O)C3(c4cccc(CO)c4)CC3)C2)c2ccccc21. The molecule has 5 rings (SSSR count). The van der Waals surface area contributed by atoms with Crippen LogP contribution in [0, 0.1) is 0 Å². The summed E-state index contributed by atoms with van der Waals surface area (Å²) < 4.78 is 5.77. The van der Waals surface area contributed by atoms with Crippen molar-refractivity contribution < 1.29 is 19.4 Å². The molecular formula is C22H21NO4. The molecule has 2 aliphatic heterocycles. The van der Waals surface area contributed by atoms with Crippen molar-refractivity contribution in [3.63, 3.8) is 0 Å². The first kappa shape index (κ1) is 16.5. The van der Waals surface area contributed by atoms with E-state index < -0.39 is 11.0 Å². The third-order valence-corrected chi connectivity index (χ3v) is 6.27. The van der Waals surface area contributed by atoms with E-state index in [1.807, 2.05) is 47.4 Å². The topological polar surface area (TPSA) is 66.8 Å². The lowest BCUT2D eigenvalue weighted by molar-refractivity contribution is -0.134. The lowest BCUT2D eigenvalue weighted by Gasteiger charge is -2.27. The summed E-state index contributed by atoms with van der Waals surface area (Å²) in [7, 11) is 0. The number of hydrogen-bond donors (Lipinski definition) is 1. The van der Waals surface area contributed by atoms with E-state index in [2.05, 4.69) is 0 Å². The van der Waals surface area contributed by atoms with Crippen molar-refractivity contribution in [3.8, 4) is 0 Å². The Morgan fingerprint density at radius 2 is 1.93 bits per heavy atom. The molecule has 3 aliphatic rings. The van der Waals surface area contributed by atoms with Gasteiger partial charge in [0, 0.05) is 18.5 Å². The van der Waals surface area contributed by atoms with Crippen molar-refractivity contribution in [3.05, 3.63) is 70.8 Å². The predicted molar refractivity (Wildman–Crippen MR) is 98.0 cm³/mol. The highest BCUT2D eigenvalue weighted by Crippen LogP contribution is 2.52. The van der Waals surface area contributed by atoms with Crippen LogP contribution in [0.25, 0.3) is 0 Å². The number of nitrogens with zero attached hydrogens (tertiary/aromatic N) is 1. The number of fused-ring (bicyclic) bond motifs is 2. The molecule has 1 amide bonds. The van der Waals surface area contributed by atoms with E-state index in [9.17, 15) is 14.7 Å². The largest absolute Gasteiger partial charge is 0.449 e. The zero-order valence-electron chi connectivity index (χ0n) is 15.0. The summed E-state index contributed by atoms with van der Waals surface area (Å²) in [5, 5.41) is 9.41. The molecule has 0 aromatic heterocycles. The minimum Gasteiger partial charge on any atom is -0.449 e. The van der Waals surface area contributed by atoms with Gasteiger partial charge in [-0.3, -0.25) is 4.79 Å². The smallest absolute Gasteiger partial charge is 0.339 e. The number of rotatable bonds is 3. The molecule has 27 heavy (non-hydrogen) atoms. The Bertz CT molecular complexity index is 949. The monoisotopic (exact) mass is 363 g/mol. The van der Waals surface area contributed by atoms with Gasteiger partial charge in [-0.25, -0.2) is 4.79 Å². The summed E-state index contributed by atoms with van der Waals surface area (Å²) in [6, 6.07) is 15.1. The lowest BCUT2D eigenvalue weighted by Crippen LogP contribution is -2.40. The Balaban J connectivity index is 1.43. The van der Waals surface area contributed by atoms with Gasteiger partial charge in [-0.2, -0.15) is 0 Å². The van der Waals surface area contributed by atoms with Gasteiger partial charge in [-0.1, -0.05) is 42.5 Å². The molecule has 1 saturated heterocycles. The highest BCUT2D eigenvalue weighted by Gasteiger charge is 2.57. The predicted octanol–water partition coefficient (Wildman–Crippen LogP) is 2.51. The normalized spacial score (nSPS) is 24.8. The van der Waals surface area contributed by atoms with Crippen LogP contribution in [-0.4, -0.2) is 35.0 Å². The van der Waals surface area contributed by atoms with E-state index in [0.717, 1.165) is 29.5 Å². The van der Waals surface area contributed by atoms with Crippen LogP contribution in [0.5, 0.6) is 0 Å². The molecular weight excluding hydrogens is 342 g/mol. The summed E-state index contributed by atoms with van der Waals surface area (Å²) in [5.41, 5.74) is 2.12. The number of carbonyl (C=O) groups is 2. The summed E-state index contributed by atoms with van der Waals surface area (Å²) in [6.45, 7) is 0.968. The van der Waals surface area contributed by atoms with E-state index in [-0.39, 0.29) is 18.5 Å². The van der Waals surface area contributed by atoms with E-state index in [4.69, 9.17) is 4.74 Å². The number of amides is 1. The number of hydrogen-bond acceptors (Lipinski definition) is 4. The van der Waals surface area contributed by atoms with Gasteiger partial charge in [-0.05, 0) is 30.0 Å². The molecule has 2 aromatic carbocycles. The second-order valence-electron chi connectivity index (χ2n) is 7.85. The summed E-state index contributed by atoms with van der Waals surface area (Å²) in [6.07, 6.45) is 2.27. The van der Waals surface area contributed by atoms with Crippen LogP contribution in [0.1, 0.15) is 46.3 Å². The number of benzene rings is 2. The average molecular weight is 363 g/mol. The molecule has 138 valence electrons. The Hall–Kier alpha value is -2.66. The Morgan fingerprint density at radius 3 is 2.70 bits per heavy atom. The fourth-order valence-electron chi connectivity index (χ4n) is 4.63. The van der Waals surface area contributed by atoms with E-state index in [1.54, 1.807) is 6.07 Å². The number of likely N-dealkylation sites (tertiary alicyclic amines) is 1. The molecule has 0 unspecified atom stereocenters. The molecule has 2 aromatic rings. The maximum atomic E-state index is 13.4.